The first-order valence-electron chi connectivity index (χ1n) is 5.74. The van der Waals surface area contributed by atoms with Gasteiger partial charge in [-0.15, -0.1) is 0 Å². The van der Waals surface area contributed by atoms with Crippen molar-refractivity contribution >= 4 is 5.91 Å². The standard InChI is InChI=1S/C12H17N3O/c16-12-5-8-13-6-3-9-15(12)10-11-4-1-2-7-14-11/h1-2,4,7,13H,3,5-6,8-10H2. The summed E-state index contributed by atoms with van der Waals surface area (Å²) in [4.78, 5) is 18.0. The summed E-state index contributed by atoms with van der Waals surface area (Å²) in [5.41, 5.74) is 0.962. The summed E-state index contributed by atoms with van der Waals surface area (Å²) in [5.74, 6) is 0.220. The Morgan fingerprint density at radius 2 is 2.31 bits per heavy atom. The zero-order chi connectivity index (χ0) is 11.2. The van der Waals surface area contributed by atoms with Gasteiger partial charge in [-0.05, 0) is 25.1 Å². The number of rotatable bonds is 2. The highest BCUT2D eigenvalue weighted by Gasteiger charge is 2.15. The smallest absolute Gasteiger partial charge is 0.224 e. The number of carbonyl (C=O) groups is 1. The first-order chi connectivity index (χ1) is 7.86. The Labute approximate surface area is 95.7 Å². The minimum absolute atomic E-state index is 0.220. The molecule has 0 saturated carbocycles. The zero-order valence-electron chi connectivity index (χ0n) is 9.35. The van der Waals surface area contributed by atoms with Crippen LogP contribution >= 0.6 is 0 Å². The molecule has 2 rings (SSSR count). The molecule has 0 aromatic carbocycles. The summed E-state index contributed by atoms with van der Waals surface area (Å²) in [6, 6.07) is 5.81. The molecule has 0 radical (unpaired) electrons. The minimum atomic E-state index is 0.220. The molecule has 1 N–H and O–H groups in total. The van der Waals surface area contributed by atoms with Gasteiger partial charge in [0.2, 0.25) is 5.91 Å². The van der Waals surface area contributed by atoms with Crippen LogP contribution in [0.25, 0.3) is 0 Å². The summed E-state index contributed by atoms with van der Waals surface area (Å²) >= 11 is 0. The molecule has 1 aliphatic rings. The Bertz CT molecular complexity index is 339. The van der Waals surface area contributed by atoms with E-state index in [1.807, 2.05) is 23.1 Å². The highest BCUT2D eigenvalue weighted by Crippen LogP contribution is 2.05. The molecular weight excluding hydrogens is 202 g/mol. The van der Waals surface area contributed by atoms with Crippen LogP contribution in [0, 0.1) is 0 Å². The van der Waals surface area contributed by atoms with Crippen LogP contribution in [0.1, 0.15) is 18.5 Å². The molecule has 1 aromatic heterocycles. The van der Waals surface area contributed by atoms with Gasteiger partial charge in [-0.3, -0.25) is 9.78 Å². The van der Waals surface area contributed by atoms with Crippen LogP contribution in [0.4, 0.5) is 0 Å². The summed E-state index contributed by atoms with van der Waals surface area (Å²) < 4.78 is 0. The Hall–Kier alpha value is -1.42. The van der Waals surface area contributed by atoms with Gasteiger partial charge >= 0.3 is 0 Å². The van der Waals surface area contributed by atoms with Crippen LogP contribution in [-0.2, 0) is 11.3 Å². The molecule has 1 saturated heterocycles. The highest BCUT2D eigenvalue weighted by molar-refractivity contribution is 5.76. The number of nitrogens with zero attached hydrogens (tertiary/aromatic N) is 2. The van der Waals surface area contributed by atoms with E-state index in [4.69, 9.17) is 0 Å². The van der Waals surface area contributed by atoms with E-state index in [0.717, 1.165) is 31.7 Å². The van der Waals surface area contributed by atoms with Crippen molar-refractivity contribution < 1.29 is 4.79 Å². The lowest BCUT2D eigenvalue weighted by Gasteiger charge is -2.24. The topological polar surface area (TPSA) is 45.2 Å². The third-order valence-corrected chi connectivity index (χ3v) is 2.73. The summed E-state index contributed by atoms with van der Waals surface area (Å²) in [6.07, 6.45) is 3.37. The van der Waals surface area contributed by atoms with E-state index in [-0.39, 0.29) is 5.91 Å². The van der Waals surface area contributed by atoms with Crippen molar-refractivity contribution in [2.45, 2.75) is 19.4 Å². The number of pyridine rings is 1. The van der Waals surface area contributed by atoms with Crippen molar-refractivity contribution in [1.82, 2.24) is 15.2 Å². The van der Waals surface area contributed by atoms with Gasteiger partial charge < -0.3 is 10.2 Å². The maximum Gasteiger partial charge on any atom is 0.224 e. The maximum atomic E-state index is 11.8. The molecule has 0 aliphatic carbocycles. The van der Waals surface area contributed by atoms with Gasteiger partial charge in [-0.2, -0.15) is 0 Å². The van der Waals surface area contributed by atoms with Gasteiger partial charge in [0.25, 0.3) is 0 Å². The number of hydrogen-bond donors (Lipinski definition) is 1. The highest BCUT2D eigenvalue weighted by atomic mass is 16.2. The zero-order valence-corrected chi connectivity index (χ0v) is 9.35. The van der Waals surface area contributed by atoms with Gasteiger partial charge in [0.15, 0.2) is 0 Å². The van der Waals surface area contributed by atoms with E-state index in [2.05, 4.69) is 10.3 Å². The molecule has 16 heavy (non-hydrogen) atoms. The molecule has 0 bridgehead atoms. The number of nitrogens with one attached hydrogen (secondary N) is 1. The number of aromatic nitrogens is 1. The van der Waals surface area contributed by atoms with Crippen LogP contribution in [-0.4, -0.2) is 35.4 Å². The Kier molecular flexibility index (Phi) is 3.88. The van der Waals surface area contributed by atoms with Gasteiger partial charge in [-0.1, -0.05) is 6.07 Å². The van der Waals surface area contributed by atoms with Crippen molar-refractivity contribution in [3.8, 4) is 0 Å². The SMILES string of the molecule is O=C1CCNCCCN1Cc1ccccn1. The summed E-state index contributed by atoms with van der Waals surface area (Å²) in [7, 11) is 0. The van der Waals surface area contributed by atoms with Crippen LogP contribution in [0.5, 0.6) is 0 Å². The number of hydrogen-bond acceptors (Lipinski definition) is 3. The molecule has 0 spiro atoms. The van der Waals surface area contributed by atoms with Crippen molar-refractivity contribution in [2.24, 2.45) is 0 Å². The van der Waals surface area contributed by atoms with E-state index in [1.54, 1.807) is 6.20 Å². The van der Waals surface area contributed by atoms with Gasteiger partial charge in [0, 0.05) is 25.7 Å². The average Bonchev–Trinajstić information content (AvgIpc) is 2.30. The largest absolute Gasteiger partial charge is 0.337 e. The van der Waals surface area contributed by atoms with Gasteiger partial charge in [-0.25, -0.2) is 0 Å². The fraction of sp³-hybridized carbons (Fsp3) is 0.500. The van der Waals surface area contributed by atoms with Crippen molar-refractivity contribution in [3.05, 3.63) is 30.1 Å². The average molecular weight is 219 g/mol. The minimum Gasteiger partial charge on any atom is -0.337 e. The fourth-order valence-corrected chi connectivity index (χ4v) is 1.85. The van der Waals surface area contributed by atoms with E-state index in [1.165, 1.54) is 0 Å². The molecule has 1 fully saturated rings. The predicted octanol–water partition coefficient (Wildman–Crippen LogP) is 0.794. The Morgan fingerprint density at radius 1 is 1.38 bits per heavy atom. The quantitative estimate of drug-likeness (QED) is 0.800. The summed E-state index contributed by atoms with van der Waals surface area (Å²) in [6.45, 7) is 3.24. The maximum absolute atomic E-state index is 11.8. The Morgan fingerprint density at radius 3 is 3.12 bits per heavy atom. The predicted molar refractivity (Wildman–Crippen MR) is 61.8 cm³/mol. The van der Waals surface area contributed by atoms with Crippen molar-refractivity contribution in [2.75, 3.05) is 19.6 Å². The molecule has 1 amide bonds. The number of carbonyl (C=O) groups excluding carboxylic acids is 1. The molecule has 4 nitrogen and oxygen atoms in total. The number of amides is 1. The third kappa shape index (κ3) is 3.03. The summed E-state index contributed by atoms with van der Waals surface area (Å²) in [5, 5.41) is 3.24. The first kappa shape index (κ1) is 11.1. The van der Waals surface area contributed by atoms with Crippen molar-refractivity contribution in [3.63, 3.8) is 0 Å². The molecule has 2 heterocycles. The monoisotopic (exact) mass is 219 g/mol. The van der Waals surface area contributed by atoms with E-state index in [0.29, 0.717) is 13.0 Å². The van der Waals surface area contributed by atoms with Crippen LogP contribution in [0.15, 0.2) is 24.4 Å². The van der Waals surface area contributed by atoms with E-state index >= 15 is 0 Å². The second-order valence-electron chi connectivity index (χ2n) is 3.99. The first-order valence-corrected chi connectivity index (χ1v) is 5.74. The lowest BCUT2D eigenvalue weighted by atomic mass is 10.2. The molecule has 86 valence electrons. The lowest BCUT2D eigenvalue weighted by molar-refractivity contribution is -0.132. The fourth-order valence-electron chi connectivity index (χ4n) is 1.85. The van der Waals surface area contributed by atoms with Crippen LogP contribution < -0.4 is 5.32 Å². The molecule has 1 aromatic rings. The van der Waals surface area contributed by atoms with Crippen molar-refractivity contribution in [1.29, 1.82) is 0 Å². The van der Waals surface area contributed by atoms with E-state index in [9.17, 15) is 4.79 Å². The lowest BCUT2D eigenvalue weighted by Crippen LogP contribution is -2.38. The molecular formula is C12H17N3O. The second-order valence-corrected chi connectivity index (χ2v) is 3.99. The van der Waals surface area contributed by atoms with Gasteiger partial charge in [0.05, 0.1) is 12.2 Å². The second kappa shape index (κ2) is 5.61. The normalized spacial score (nSPS) is 18.0. The Balaban J connectivity index is 1.98. The van der Waals surface area contributed by atoms with Crippen LogP contribution in [0.3, 0.4) is 0 Å². The molecule has 0 atom stereocenters. The van der Waals surface area contributed by atoms with Gasteiger partial charge in [0.1, 0.15) is 0 Å². The van der Waals surface area contributed by atoms with Crippen LogP contribution in [0.2, 0.25) is 0 Å². The molecule has 0 unspecified atom stereocenters. The van der Waals surface area contributed by atoms with E-state index < -0.39 is 0 Å². The molecule has 4 heteroatoms. The molecule has 1 aliphatic heterocycles. The third-order valence-electron chi connectivity index (χ3n) is 2.73.